The second-order valence-electron chi connectivity index (χ2n) is 4.18. The van der Waals surface area contributed by atoms with Crippen LogP contribution in [0.15, 0.2) is 28.2 Å². The Morgan fingerprint density at radius 1 is 1.57 bits per heavy atom. The highest BCUT2D eigenvalue weighted by atomic mass is 79.9. The number of carbonyl (C=O) groups is 1. The molecule has 2 rings (SSSR count). The third-order valence-corrected chi connectivity index (χ3v) is 4.61. The molecule has 0 aliphatic carbocycles. The third-order valence-electron chi connectivity index (χ3n) is 2.63. The lowest BCUT2D eigenvalue weighted by Crippen LogP contribution is -2.26. The van der Waals surface area contributed by atoms with Crippen LogP contribution in [0, 0.1) is 10.1 Å². The normalized spacial score (nSPS) is 10.4. The summed E-state index contributed by atoms with van der Waals surface area (Å²) in [5.41, 5.74) is -0.251. The predicted octanol–water partition coefficient (Wildman–Crippen LogP) is 3.74. The SMILES string of the molecule is CN(Cc1cc(Br)cs1)C(=O)c1cc([N+](=O)[O-])cnc1Cl. The van der Waals surface area contributed by atoms with Gasteiger partial charge in [-0.2, -0.15) is 0 Å². The van der Waals surface area contributed by atoms with Crippen molar-refractivity contribution in [3.8, 4) is 0 Å². The molecule has 0 saturated carbocycles. The summed E-state index contributed by atoms with van der Waals surface area (Å²) >= 11 is 10.7. The Morgan fingerprint density at radius 3 is 2.86 bits per heavy atom. The number of carbonyl (C=O) groups excluding carboxylic acids is 1. The van der Waals surface area contributed by atoms with E-state index in [1.807, 2.05) is 11.4 Å². The summed E-state index contributed by atoms with van der Waals surface area (Å²) in [4.78, 5) is 28.6. The van der Waals surface area contributed by atoms with Gasteiger partial charge in [-0.05, 0) is 22.0 Å². The molecule has 0 saturated heterocycles. The van der Waals surface area contributed by atoms with Crippen LogP contribution in [0.3, 0.4) is 0 Å². The average molecular weight is 391 g/mol. The molecule has 2 aromatic rings. The van der Waals surface area contributed by atoms with Gasteiger partial charge in [0.1, 0.15) is 11.3 Å². The number of rotatable bonds is 4. The zero-order valence-corrected chi connectivity index (χ0v) is 13.9. The minimum Gasteiger partial charge on any atom is -0.336 e. The van der Waals surface area contributed by atoms with Crippen LogP contribution in [-0.2, 0) is 6.54 Å². The van der Waals surface area contributed by atoms with Gasteiger partial charge in [-0.25, -0.2) is 4.98 Å². The Hall–Kier alpha value is -1.51. The van der Waals surface area contributed by atoms with Crippen molar-refractivity contribution in [3.63, 3.8) is 0 Å². The number of thiophene rings is 1. The summed E-state index contributed by atoms with van der Waals surface area (Å²) in [5, 5.41) is 12.6. The fraction of sp³-hybridized carbons (Fsp3) is 0.167. The molecule has 0 N–H and O–H groups in total. The van der Waals surface area contributed by atoms with Crippen LogP contribution in [0.2, 0.25) is 5.15 Å². The second kappa shape index (κ2) is 6.50. The van der Waals surface area contributed by atoms with Crippen molar-refractivity contribution in [3.05, 3.63) is 53.9 Å². The van der Waals surface area contributed by atoms with E-state index in [1.54, 1.807) is 7.05 Å². The minimum absolute atomic E-state index is 0.0176. The van der Waals surface area contributed by atoms with Crippen molar-refractivity contribution < 1.29 is 9.72 Å². The Kier molecular flexibility index (Phi) is 4.92. The predicted molar refractivity (Wildman–Crippen MR) is 83.7 cm³/mol. The molecule has 0 spiro atoms. The first kappa shape index (κ1) is 15.9. The molecule has 0 atom stereocenters. The largest absolute Gasteiger partial charge is 0.336 e. The van der Waals surface area contributed by atoms with Crippen molar-refractivity contribution in [1.29, 1.82) is 0 Å². The van der Waals surface area contributed by atoms with E-state index in [9.17, 15) is 14.9 Å². The van der Waals surface area contributed by atoms with Gasteiger partial charge in [-0.1, -0.05) is 11.6 Å². The van der Waals surface area contributed by atoms with Crippen LogP contribution in [0.1, 0.15) is 15.2 Å². The van der Waals surface area contributed by atoms with E-state index in [4.69, 9.17) is 11.6 Å². The van der Waals surface area contributed by atoms with Gasteiger partial charge in [0.25, 0.3) is 11.6 Å². The lowest BCUT2D eigenvalue weighted by atomic mass is 10.2. The molecule has 2 heterocycles. The number of aromatic nitrogens is 1. The van der Waals surface area contributed by atoms with Gasteiger partial charge in [-0.15, -0.1) is 11.3 Å². The standard InChI is InChI=1S/C12H9BrClN3O3S/c1-16(5-9-2-7(13)6-21-9)12(18)10-3-8(17(19)20)4-15-11(10)14/h2-4,6H,5H2,1H3. The first-order valence-corrected chi connectivity index (χ1v) is 7.72. The highest BCUT2D eigenvalue weighted by Crippen LogP contribution is 2.23. The van der Waals surface area contributed by atoms with Gasteiger partial charge < -0.3 is 4.90 Å². The van der Waals surface area contributed by atoms with Crippen LogP contribution in [0.4, 0.5) is 5.69 Å². The fourth-order valence-corrected chi connectivity index (χ4v) is 3.32. The first-order valence-electron chi connectivity index (χ1n) is 5.67. The summed E-state index contributed by atoms with van der Waals surface area (Å²) < 4.78 is 0.943. The van der Waals surface area contributed by atoms with Crippen molar-refractivity contribution in [2.75, 3.05) is 7.05 Å². The molecule has 0 fully saturated rings. The van der Waals surface area contributed by atoms with E-state index >= 15 is 0 Å². The van der Waals surface area contributed by atoms with E-state index in [-0.39, 0.29) is 16.4 Å². The zero-order valence-electron chi connectivity index (χ0n) is 10.7. The van der Waals surface area contributed by atoms with Gasteiger partial charge in [-0.3, -0.25) is 14.9 Å². The number of nitro groups is 1. The lowest BCUT2D eigenvalue weighted by Gasteiger charge is -2.16. The summed E-state index contributed by atoms with van der Waals surface area (Å²) in [7, 11) is 1.60. The van der Waals surface area contributed by atoms with Gasteiger partial charge in [0.2, 0.25) is 0 Å². The van der Waals surface area contributed by atoms with E-state index in [0.29, 0.717) is 6.54 Å². The molecular formula is C12H9BrClN3O3S. The second-order valence-corrected chi connectivity index (χ2v) is 6.45. The highest BCUT2D eigenvalue weighted by Gasteiger charge is 2.20. The lowest BCUT2D eigenvalue weighted by molar-refractivity contribution is -0.385. The van der Waals surface area contributed by atoms with Gasteiger partial charge in [0.15, 0.2) is 0 Å². The van der Waals surface area contributed by atoms with Gasteiger partial charge >= 0.3 is 0 Å². The number of amides is 1. The van der Waals surface area contributed by atoms with Crippen molar-refractivity contribution in [1.82, 2.24) is 9.88 Å². The Balaban J connectivity index is 2.22. The summed E-state index contributed by atoms with van der Waals surface area (Å²) in [6.07, 6.45) is 1.02. The van der Waals surface area contributed by atoms with Crippen LogP contribution < -0.4 is 0 Å². The summed E-state index contributed by atoms with van der Waals surface area (Å²) in [6.45, 7) is 0.383. The molecule has 0 aliphatic heterocycles. The van der Waals surface area contributed by atoms with Crippen molar-refractivity contribution in [2.24, 2.45) is 0 Å². The monoisotopic (exact) mass is 389 g/mol. The molecule has 0 bridgehead atoms. The topological polar surface area (TPSA) is 76.3 Å². The third kappa shape index (κ3) is 3.78. The summed E-state index contributed by atoms with van der Waals surface area (Å²) in [6, 6.07) is 3.04. The quantitative estimate of drug-likeness (QED) is 0.453. The van der Waals surface area contributed by atoms with Crippen LogP contribution in [-0.4, -0.2) is 27.8 Å². The number of pyridine rings is 1. The summed E-state index contributed by atoms with van der Waals surface area (Å²) in [5.74, 6) is -0.416. The fourth-order valence-electron chi connectivity index (χ4n) is 1.63. The van der Waals surface area contributed by atoms with Crippen LogP contribution >= 0.6 is 38.9 Å². The average Bonchev–Trinajstić information content (AvgIpc) is 2.83. The molecule has 2 aromatic heterocycles. The number of halogens is 2. The van der Waals surface area contributed by atoms with E-state index in [0.717, 1.165) is 21.6 Å². The van der Waals surface area contributed by atoms with Gasteiger partial charge in [0, 0.05) is 27.8 Å². The molecule has 0 aliphatic rings. The molecule has 110 valence electrons. The van der Waals surface area contributed by atoms with Crippen molar-refractivity contribution in [2.45, 2.75) is 6.54 Å². The van der Waals surface area contributed by atoms with Crippen molar-refractivity contribution >= 4 is 50.5 Å². The van der Waals surface area contributed by atoms with E-state index < -0.39 is 10.8 Å². The first-order chi connectivity index (χ1) is 9.88. The molecule has 0 unspecified atom stereocenters. The molecular weight excluding hydrogens is 382 g/mol. The van der Waals surface area contributed by atoms with Gasteiger partial charge in [0.05, 0.1) is 17.0 Å². The Morgan fingerprint density at radius 2 is 2.29 bits per heavy atom. The smallest absolute Gasteiger partial charge is 0.288 e. The Bertz CT molecular complexity index is 707. The van der Waals surface area contributed by atoms with Crippen LogP contribution in [0.25, 0.3) is 0 Å². The van der Waals surface area contributed by atoms with E-state index in [2.05, 4.69) is 20.9 Å². The number of nitrogens with zero attached hydrogens (tertiary/aromatic N) is 3. The number of hydrogen-bond donors (Lipinski definition) is 0. The van der Waals surface area contributed by atoms with E-state index in [1.165, 1.54) is 16.2 Å². The molecule has 21 heavy (non-hydrogen) atoms. The minimum atomic E-state index is -0.615. The maximum Gasteiger partial charge on any atom is 0.288 e. The van der Waals surface area contributed by atoms with Crippen LogP contribution in [0.5, 0.6) is 0 Å². The highest BCUT2D eigenvalue weighted by molar-refractivity contribution is 9.10. The maximum absolute atomic E-state index is 12.3. The maximum atomic E-state index is 12.3. The molecule has 1 amide bonds. The zero-order chi connectivity index (χ0) is 15.6. The molecule has 0 radical (unpaired) electrons. The number of hydrogen-bond acceptors (Lipinski definition) is 5. The molecule has 9 heteroatoms. The molecule has 6 nitrogen and oxygen atoms in total. The molecule has 0 aromatic carbocycles. The Labute approximate surface area is 137 Å².